The van der Waals surface area contributed by atoms with E-state index < -0.39 is 10.0 Å². The molecule has 0 radical (unpaired) electrons. The number of piperidine rings is 1. The molecular formula is C26H27FN6O3S. The maximum Gasteiger partial charge on any atom is 0.269 e. The molecule has 2 aromatic carbocycles. The van der Waals surface area contributed by atoms with Gasteiger partial charge < -0.3 is 15.5 Å². The summed E-state index contributed by atoms with van der Waals surface area (Å²) < 4.78 is 40.7. The van der Waals surface area contributed by atoms with Crippen molar-refractivity contribution in [1.29, 1.82) is 0 Å². The number of fused-ring (bicyclic) bond motifs is 1. The van der Waals surface area contributed by atoms with Crippen LogP contribution in [0, 0.1) is 12.7 Å². The third-order valence-corrected chi connectivity index (χ3v) is 8.11. The summed E-state index contributed by atoms with van der Waals surface area (Å²) in [7, 11) is -3.82. The second-order valence-electron chi connectivity index (χ2n) is 9.07. The van der Waals surface area contributed by atoms with E-state index in [0.717, 1.165) is 22.4 Å². The number of hydrogen-bond donors (Lipinski definition) is 2. The maximum atomic E-state index is 13.2. The number of likely N-dealkylation sites (tertiary alicyclic amines) is 1. The molecular weight excluding hydrogens is 495 g/mol. The number of aromatic nitrogens is 3. The molecule has 0 aliphatic carbocycles. The van der Waals surface area contributed by atoms with Gasteiger partial charge >= 0.3 is 0 Å². The highest BCUT2D eigenvalue weighted by molar-refractivity contribution is 7.90. The van der Waals surface area contributed by atoms with Gasteiger partial charge in [-0.05, 0) is 62.2 Å². The Balaban J connectivity index is 1.29. The number of anilines is 2. The molecule has 1 atom stereocenters. The minimum Gasteiger partial charge on any atom is -0.376 e. The number of hydrogen-bond acceptors (Lipinski definition) is 7. The molecule has 0 spiro atoms. The lowest BCUT2D eigenvalue weighted by Gasteiger charge is -2.33. The molecule has 0 saturated carbocycles. The van der Waals surface area contributed by atoms with Crippen molar-refractivity contribution in [3.63, 3.8) is 0 Å². The molecule has 0 unspecified atom stereocenters. The Morgan fingerprint density at radius 3 is 2.59 bits per heavy atom. The van der Waals surface area contributed by atoms with Crippen LogP contribution in [0.1, 0.15) is 18.4 Å². The number of halogens is 1. The van der Waals surface area contributed by atoms with Crippen molar-refractivity contribution in [2.45, 2.75) is 30.7 Å². The number of carbonyl (C=O) groups excluding carboxylic acids is 1. The highest BCUT2D eigenvalue weighted by atomic mass is 32.2. The van der Waals surface area contributed by atoms with E-state index in [1.54, 1.807) is 47.4 Å². The van der Waals surface area contributed by atoms with Gasteiger partial charge in [-0.25, -0.2) is 26.7 Å². The fraction of sp³-hybridized carbons (Fsp3) is 0.269. The lowest BCUT2D eigenvalue weighted by atomic mass is 10.1. The normalized spacial score (nSPS) is 16.1. The van der Waals surface area contributed by atoms with Gasteiger partial charge in [-0.1, -0.05) is 17.7 Å². The van der Waals surface area contributed by atoms with Gasteiger partial charge in [-0.3, -0.25) is 4.79 Å². The third-order valence-electron chi connectivity index (χ3n) is 6.43. The molecule has 1 saturated heterocycles. The van der Waals surface area contributed by atoms with Crippen LogP contribution < -0.4 is 10.6 Å². The first-order chi connectivity index (χ1) is 17.8. The van der Waals surface area contributed by atoms with Crippen molar-refractivity contribution in [1.82, 2.24) is 18.8 Å². The van der Waals surface area contributed by atoms with E-state index in [0.29, 0.717) is 30.0 Å². The van der Waals surface area contributed by atoms with Gasteiger partial charge in [0.05, 0.1) is 16.8 Å². The van der Waals surface area contributed by atoms with Gasteiger partial charge in [0.2, 0.25) is 5.91 Å². The standard InChI is InChI=1S/C26H27FN6O3S/c1-18-4-10-22(11-5-18)37(35,36)33-14-12-23-25(29-17-30-26(23)33)31-21-3-2-13-32(16-21)24(34)15-28-20-8-6-19(27)7-9-20/h4-12,14,17,21,28H,2-3,13,15-16H2,1H3,(H,29,30,31)/t21-/m0/s1. The lowest BCUT2D eigenvalue weighted by molar-refractivity contribution is -0.130. The summed E-state index contributed by atoms with van der Waals surface area (Å²) in [5, 5.41) is 7.00. The number of nitrogens with one attached hydrogen (secondary N) is 2. The minimum absolute atomic E-state index is 0.0565. The van der Waals surface area contributed by atoms with Gasteiger partial charge in [0.15, 0.2) is 5.65 Å². The Morgan fingerprint density at radius 1 is 1.08 bits per heavy atom. The molecule has 1 aliphatic heterocycles. The zero-order valence-electron chi connectivity index (χ0n) is 20.3. The van der Waals surface area contributed by atoms with E-state index >= 15 is 0 Å². The summed E-state index contributed by atoms with van der Waals surface area (Å²) in [4.78, 5) is 23.3. The zero-order chi connectivity index (χ0) is 26.0. The van der Waals surface area contributed by atoms with Crippen LogP contribution in [0.2, 0.25) is 0 Å². The average Bonchev–Trinajstić information content (AvgIpc) is 3.35. The average molecular weight is 523 g/mol. The van der Waals surface area contributed by atoms with Gasteiger partial charge in [0.25, 0.3) is 10.0 Å². The first kappa shape index (κ1) is 24.7. The number of nitrogens with zero attached hydrogens (tertiary/aromatic N) is 4. The molecule has 37 heavy (non-hydrogen) atoms. The van der Waals surface area contributed by atoms with E-state index in [4.69, 9.17) is 0 Å². The van der Waals surface area contributed by atoms with Gasteiger partial charge in [-0.2, -0.15) is 0 Å². The topological polar surface area (TPSA) is 109 Å². The van der Waals surface area contributed by atoms with Crippen molar-refractivity contribution in [2.75, 3.05) is 30.3 Å². The summed E-state index contributed by atoms with van der Waals surface area (Å²) in [6.45, 7) is 3.13. The minimum atomic E-state index is -3.82. The fourth-order valence-electron chi connectivity index (χ4n) is 4.43. The number of rotatable bonds is 7. The predicted octanol–water partition coefficient (Wildman–Crippen LogP) is 3.63. The van der Waals surface area contributed by atoms with E-state index in [9.17, 15) is 17.6 Å². The van der Waals surface area contributed by atoms with Crippen molar-refractivity contribution in [2.24, 2.45) is 0 Å². The van der Waals surface area contributed by atoms with E-state index in [1.807, 2.05) is 6.92 Å². The summed E-state index contributed by atoms with van der Waals surface area (Å²) >= 11 is 0. The van der Waals surface area contributed by atoms with Crippen molar-refractivity contribution >= 4 is 38.5 Å². The smallest absolute Gasteiger partial charge is 0.269 e. The van der Waals surface area contributed by atoms with E-state index in [2.05, 4.69) is 20.6 Å². The quantitative estimate of drug-likeness (QED) is 0.382. The molecule has 1 amide bonds. The van der Waals surface area contributed by atoms with Crippen molar-refractivity contribution in [3.05, 3.63) is 78.5 Å². The van der Waals surface area contributed by atoms with Crippen LogP contribution in [-0.4, -0.2) is 58.8 Å². The third kappa shape index (κ3) is 5.26. The molecule has 2 aromatic heterocycles. The highest BCUT2D eigenvalue weighted by Crippen LogP contribution is 2.26. The Bertz CT molecular complexity index is 1520. The Labute approximate surface area is 214 Å². The predicted molar refractivity (Wildman–Crippen MR) is 139 cm³/mol. The zero-order valence-corrected chi connectivity index (χ0v) is 21.1. The fourth-order valence-corrected chi connectivity index (χ4v) is 5.73. The molecule has 0 bridgehead atoms. The molecule has 4 aromatic rings. The molecule has 2 N–H and O–H groups in total. The Morgan fingerprint density at radius 2 is 1.84 bits per heavy atom. The van der Waals surface area contributed by atoms with Gasteiger partial charge in [-0.15, -0.1) is 0 Å². The molecule has 1 fully saturated rings. The largest absolute Gasteiger partial charge is 0.376 e. The van der Waals surface area contributed by atoms with Crippen molar-refractivity contribution < 1.29 is 17.6 Å². The Kier molecular flexibility index (Phi) is 6.79. The SMILES string of the molecule is Cc1ccc(S(=O)(=O)n2ccc3c(N[C@H]4CCCN(C(=O)CNc5ccc(F)cc5)C4)ncnc32)cc1. The molecule has 192 valence electrons. The van der Waals surface area contributed by atoms with Crippen LogP contribution >= 0.6 is 0 Å². The molecule has 9 nitrogen and oxygen atoms in total. The van der Waals surface area contributed by atoms with Crippen LogP contribution in [0.5, 0.6) is 0 Å². The second kappa shape index (κ2) is 10.2. The molecule has 3 heterocycles. The lowest BCUT2D eigenvalue weighted by Crippen LogP contribution is -2.47. The van der Waals surface area contributed by atoms with E-state index in [-0.39, 0.29) is 34.9 Å². The van der Waals surface area contributed by atoms with Gasteiger partial charge in [0.1, 0.15) is 18.0 Å². The van der Waals surface area contributed by atoms with Crippen LogP contribution in [0.15, 0.2) is 72.0 Å². The monoisotopic (exact) mass is 522 g/mol. The van der Waals surface area contributed by atoms with Crippen LogP contribution in [0.25, 0.3) is 11.0 Å². The van der Waals surface area contributed by atoms with Crippen LogP contribution in [0.4, 0.5) is 15.9 Å². The second-order valence-corrected chi connectivity index (χ2v) is 10.9. The molecule has 5 rings (SSSR count). The first-order valence-electron chi connectivity index (χ1n) is 12.0. The van der Waals surface area contributed by atoms with Crippen molar-refractivity contribution in [3.8, 4) is 0 Å². The van der Waals surface area contributed by atoms with Gasteiger partial charge in [0, 0.05) is 31.0 Å². The first-order valence-corrected chi connectivity index (χ1v) is 13.4. The number of carbonyl (C=O) groups is 1. The summed E-state index contributed by atoms with van der Waals surface area (Å²) in [5.74, 6) is 0.134. The highest BCUT2D eigenvalue weighted by Gasteiger charge is 2.26. The Hall–Kier alpha value is -3.99. The van der Waals surface area contributed by atoms with Crippen LogP contribution in [-0.2, 0) is 14.8 Å². The summed E-state index contributed by atoms with van der Waals surface area (Å²) in [6, 6.07) is 14.2. The molecule has 1 aliphatic rings. The number of benzene rings is 2. The maximum absolute atomic E-state index is 13.2. The number of aryl methyl sites for hydroxylation is 1. The van der Waals surface area contributed by atoms with E-state index in [1.165, 1.54) is 24.7 Å². The number of amides is 1. The molecule has 11 heteroatoms. The summed E-state index contributed by atoms with van der Waals surface area (Å²) in [5.41, 5.74) is 1.93. The summed E-state index contributed by atoms with van der Waals surface area (Å²) in [6.07, 6.45) is 4.47. The van der Waals surface area contributed by atoms with Crippen LogP contribution in [0.3, 0.4) is 0 Å².